The van der Waals surface area contributed by atoms with Crippen molar-refractivity contribution < 1.29 is 14.3 Å². The number of benzene rings is 2. The van der Waals surface area contributed by atoms with Gasteiger partial charge in [0.15, 0.2) is 0 Å². The summed E-state index contributed by atoms with van der Waals surface area (Å²) in [6.07, 6.45) is 0. The lowest BCUT2D eigenvalue weighted by molar-refractivity contribution is -0.135. The summed E-state index contributed by atoms with van der Waals surface area (Å²) in [7, 11) is 7.02. The van der Waals surface area contributed by atoms with Crippen LogP contribution in [-0.4, -0.2) is 75.1 Å². The van der Waals surface area contributed by atoms with Crippen LogP contribution in [0.25, 0.3) is 0 Å². The van der Waals surface area contributed by atoms with Gasteiger partial charge in [-0.1, -0.05) is 30.3 Å². The third kappa shape index (κ3) is 5.08. The van der Waals surface area contributed by atoms with Gasteiger partial charge in [-0.05, 0) is 23.8 Å². The number of hydrogen-bond donors (Lipinski definition) is 0. The molecule has 3 rings (SSSR count). The van der Waals surface area contributed by atoms with Crippen molar-refractivity contribution in [3.05, 3.63) is 59.7 Å². The van der Waals surface area contributed by atoms with Crippen molar-refractivity contribution in [1.82, 2.24) is 14.7 Å². The molecule has 6 nitrogen and oxygen atoms in total. The molecular formula is C23H31N3O3. The highest BCUT2D eigenvalue weighted by atomic mass is 16.5. The van der Waals surface area contributed by atoms with Gasteiger partial charge in [0.05, 0.1) is 14.2 Å². The van der Waals surface area contributed by atoms with Gasteiger partial charge < -0.3 is 14.4 Å². The Hall–Kier alpha value is -2.57. The molecular weight excluding hydrogens is 366 g/mol. The lowest BCUT2D eigenvalue weighted by Crippen LogP contribution is -2.50. The number of ether oxygens (including phenoxy) is 2. The summed E-state index contributed by atoms with van der Waals surface area (Å²) in [5.41, 5.74) is 2.17. The third-order valence-corrected chi connectivity index (χ3v) is 5.44. The first-order chi connectivity index (χ1) is 14.0. The summed E-state index contributed by atoms with van der Waals surface area (Å²) in [4.78, 5) is 19.3. The van der Waals surface area contributed by atoms with Gasteiger partial charge >= 0.3 is 0 Å². The van der Waals surface area contributed by atoms with Crippen molar-refractivity contribution in [1.29, 1.82) is 0 Å². The second kappa shape index (κ2) is 9.76. The molecule has 1 atom stereocenters. The van der Waals surface area contributed by atoms with Crippen molar-refractivity contribution in [3.63, 3.8) is 0 Å². The first kappa shape index (κ1) is 21.1. The van der Waals surface area contributed by atoms with E-state index in [2.05, 4.69) is 9.80 Å². The summed E-state index contributed by atoms with van der Waals surface area (Å²) in [5.74, 6) is 1.83. The molecule has 1 aliphatic rings. The highest BCUT2D eigenvalue weighted by Crippen LogP contribution is 2.27. The van der Waals surface area contributed by atoms with Crippen LogP contribution in [0, 0.1) is 0 Å². The molecule has 0 aliphatic carbocycles. The second-order valence-electron chi connectivity index (χ2n) is 7.54. The lowest BCUT2D eigenvalue weighted by atomic mass is 10.0. The summed E-state index contributed by atoms with van der Waals surface area (Å²) < 4.78 is 10.9. The predicted molar refractivity (Wildman–Crippen MR) is 114 cm³/mol. The highest BCUT2D eigenvalue weighted by Gasteiger charge is 2.31. The molecule has 156 valence electrons. The van der Waals surface area contributed by atoms with E-state index >= 15 is 0 Å². The summed E-state index contributed by atoms with van der Waals surface area (Å²) in [6, 6.07) is 15.7. The van der Waals surface area contributed by atoms with E-state index in [1.165, 1.54) is 0 Å². The first-order valence-electron chi connectivity index (χ1n) is 9.97. The Kier molecular flexibility index (Phi) is 7.12. The number of rotatable bonds is 7. The maximum absolute atomic E-state index is 12.9. The summed E-state index contributed by atoms with van der Waals surface area (Å²) >= 11 is 0. The van der Waals surface area contributed by atoms with E-state index in [9.17, 15) is 4.79 Å². The third-order valence-electron chi connectivity index (χ3n) is 5.44. The molecule has 0 aromatic heterocycles. The maximum atomic E-state index is 12.9. The fourth-order valence-electron chi connectivity index (χ4n) is 3.82. The molecule has 1 heterocycles. The Morgan fingerprint density at radius 2 is 1.69 bits per heavy atom. The SMILES string of the molecule is COc1ccc(OC)c(CN2CCN(C(C(=O)N(C)C)c3ccccc3)CC2)c1. The van der Waals surface area contributed by atoms with E-state index in [0.29, 0.717) is 0 Å². The normalized spacial score (nSPS) is 16.3. The zero-order valence-corrected chi connectivity index (χ0v) is 17.8. The molecule has 2 aromatic carbocycles. The van der Waals surface area contributed by atoms with Crippen molar-refractivity contribution in [3.8, 4) is 11.5 Å². The standard InChI is InChI=1S/C23H31N3O3/c1-24(2)23(27)22(18-8-6-5-7-9-18)26-14-12-25(13-15-26)17-19-16-20(28-3)10-11-21(19)29-4/h5-11,16,22H,12-15,17H2,1-4H3. The van der Waals surface area contributed by atoms with Crippen molar-refractivity contribution in [2.24, 2.45) is 0 Å². The van der Waals surface area contributed by atoms with Gasteiger partial charge in [0, 0.05) is 52.4 Å². The van der Waals surface area contributed by atoms with Crippen LogP contribution in [0.2, 0.25) is 0 Å². The number of nitrogens with zero attached hydrogens (tertiary/aromatic N) is 3. The minimum Gasteiger partial charge on any atom is -0.497 e. The van der Waals surface area contributed by atoms with Crippen LogP contribution in [0.3, 0.4) is 0 Å². The fourth-order valence-corrected chi connectivity index (χ4v) is 3.82. The van der Waals surface area contributed by atoms with E-state index in [1.807, 2.05) is 62.6 Å². The van der Waals surface area contributed by atoms with E-state index in [1.54, 1.807) is 19.1 Å². The number of carbonyl (C=O) groups excluding carboxylic acids is 1. The molecule has 0 saturated carbocycles. The van der Waals surface area contributed by atoms with Crippen LogP contribution in [-0.2, 0) is 11.3 Å². The summed E-state index contributed by atoms with van der Waals surface area (Å²) in [6.45, 7) is 4.26. The Bertz CT molecular complexity index is 802. The number of hydrogen-bond acceptors (Lipinski definition) is 5. The maximum Gasteiger partial charge on any atom is 0.244 e. The Morgan fingerprint density at radius 3 is 2.28 bits per heavy atom. The van der Waals surface area contributed by atoms with Gasteiger partial charge in [0.1, 0.15) is 17.5 Å². The van der Waals surface area contributed by atoms with Crippen LogP contribution in [0.5, 0.6) is 11.5 Å². The number of likely N-dealkylation sites (N-methyl/N-ethyl adjacent to an activating group) is 1. The fraction of sp³-hybridized carbons (Fsp3) is 0.435. The van der Waals surface area contributed by atoms with Gasteiger partial charge in [-0.2, -0.15) is 0 Å². The van der Waals surface area contributed by atoms with Gasteiger partial charge in [-0.3, -0.25) is 14.6 Å². The van der Waals surface area contributed by atoms with E-state index in [0.717, 1.165) is 55.3 Å². The molecule has 1 fully saturated rings. The minimum absolute atomic E-state index is 0.124. The van der Waals surface area contributed by atoms with Crippen LogP contribution in [0.15, 0.2) is 48.5 Å². The van der Waals surface area contributed by atoms with Crippen LogP contribution >= 0.6 is 0 Å². The van der Waals surface area contributed by atoms with E-state index < -0.39 is 0 Å². The van der Waals surface area contributed by atoms with Gasteiger partial charge in [0.2, 0.25) is 5.91 Å². The van der Waals surface area contributed by atoms with Gasteiger partial charge in [-0.25, -0.2) is 0 Å². The predicted octanol–water partition coefficient (Wildman–Crippen LogP) is 2.65. The van der Waals surface area contributed by atoms with Gasteiger partial charge in [-0.15, -0.1) is 0 Å². The Balaban J connectivity index is 1.69. The van der Waals surface area contributed by atoms with Gasteiger partial charge in [0.25, 0.3) is 0 Å². The summed E-state index contributed by atoms with van der Waals surface area (Å²) in [5, 5.41) is 0. The molecule has 0 radical (unpaired) electrons. The Labute approximate surface area is 173 Å². The molecule has 2 aromatic rings. The monoisotopic (exact) mass is 397 g/mol. The molecule has 1 aliphatic heterocycles. The Morgan fingerprint density at radius 1 is 1.00 bits per heavy atom. The number of piperazine rings is 1. The molecule has 6 heteroatoms. The van der Waals surface area contributed by atoms with E-state index in [4.69, 9.17) is 9.47 Å². The average molecular weight is 398 g/mol. The topological polar surface area (TPSA) is 45.3 Å². The number of carbonyl (C=O) groups is 1. The second-order valence-corrected chi connectivity index (χ2v) is 7.54. The molecule has 0 N–H and O–H groups in total. The molecule has 0 spiro atoms. The lowest BCUT2D eigenvalue weighted by Gasteiger charge is -2.39. The average Bonchev–Trinajstić information content (AvgIpc) is 2.75. The molecule has 29 heavy (non-hydrogen) atoms. The molecule has 1 unspecified atom stereocenters. The van der Waals surface area contributed by atoms with Crippen molar-refractivity contribution >= 4 is 5.91 Å². The van der Waals surface area contributed by atoms with Crippen LogP contribution in [0.1, 0.15) is 17.2 Å². The minimum atomic E-state index is -0.236. The van der Waals surface area contributed by atoms with Crippen molar-refractivity contribution in [2.45, 2.75) is 12.6 Å². The van der Waals surface area contributed by atoms with Crippen LogP contribution < -0.4 is 9.47 Å². The highest BCUT2D eigenvalue weighted by molar-refractivity contribution is 5.82. The number of amides is 1. The first-order valence-corrected chi connectivity index (χ1v) is 9.97. The van der Waals surface area contributed by atoms with Crippen LogP contribution in [0.4, 0.5) is 0 Å². The molecule has 1 saturated heterocycles. The largest absolute Gasteiger partial charge is 0.497 e. The van der Waals surface area contributed by atoms with Crippen molar-refractivity contribution in [2.75, 3.05) is 54.5 Å². The quantitative estimate of drug-likeness (QED) is 0.719. The zero-order valence-electron chi connectivity index (χ0n) is 17.8. The molecule has 0 bridgehead atoms. The number of methoxy groups -OCH3 is 2. The molecule has 1 amide bonds. The van der Waals surface area contributed by atoms with E-state index in [-0.39, 0.29) is 11.9 Å². The smallest absolute Gasteiger partial charge is 0.244 e. The zero-order chi connectivity index (χ0) is 20.8.